The highest BCUT2D eigenvalue weighted by Crippen LogP contribution is 2.15. The average Bonchev–Trinajstić information content (AvgIpc) is 3.29. The van der Waals surface area contributed by atoms with Crippen LogP contribution in [0.3, 0.4) is 0 Å². The fourth-order valence-electron chi connectivity index (χ4n) is 3.06. The van der Waals surface area contributed by atoms with Gasteiger partial charge in [0.2, 0.25) is 0 Å². The molecule has 2 heterocycles. The van der Waals surface area contributed by atoms with Gasteiger partial charge in [0.05, 0.1) is 12.3 Å². The summed E-state index contributed by atoms with van der Waals surface area (Å²) < 4.78 is 7.35. The van der Waals surface area contributed by atoms with Crippen LogP contribution < -0.4 is 5.32 Å². The second-order valence-corrected chi connectivity index (χ2v) is 6.09. The molecule has 1 aromatic carbocycles. The molecule has 7 heteroatoms. The van der Waals surface area contributed by atoms with Gasteiger partial charge in [-0.3, -0.25) is 4.99 Å². The standard InChI is InChI=1S/C18H25N5O.HI/c1-19-18(22(2)13-15-8-11-24-14-15)20-12-16-6-3-4-7-17(16)23-10-5-9-21-23;/h3-7,9-10,15H,8,11-14H2,1-2H3,(H,19,20);1H. The summed E-state index contributed by atoms with van der Waals surface area (Å²) in [6.07, 6.45) is 4.88. The van der Waals surface area contributed by atoms with E-state index in [-0.39, 0.29) is 24.0 Å². The molecule has 0 amide bonds. The van der Waals surface area contributed by atoms with Crippen molar-refractivity contribution in [3.8, 4) is 5.69 Å². The molecule has 1 unspecified atom stereocenters. The van der Waals surface area contributed by atoms with Crippen molar-refractivity contribution in [2.24, 2.45) is 10.9 Å². The predicted octanol–water partition coefficient (Wildman–Crippen LogP) is 2.53. The third-order valence-corrected chi connectivity index (χ3v) is 4.31. The van der Waals surface area contributed by atoms with Crippen LogP contribution in [0.1, 0.15) is 12.0 Å². The van der Waals surface area contributed by atoms with Crippen molar-refractivity contribution in [3.63, 3.8) is 0 Å². The summed E-state index contributed by atoms with van der Waals surface area (Å²) in [5.74, 6) is 1.49. The maximum atomic E-state index is 5.46. The number of ether oxygens (including phenoxy) is 1. The molecule has 0 aliphatic carbocycles. The number of benzene rings is 1. The summed E-state index contributed by atoms with van der Waals surface area (Å²) in [6, 6.07) is 10.2. The van der Waals surface area contributed by atoms with Crippen LogP contribution in [0.4, 0.5) is 0 Å². The molecule has 25 heavy (non-hydrogen) atoms. The Balaban J connectivity index is 0.00000225. The number of rotatable bonds is 5. The molecule has 0 radical (unpaired) electrons. The first-order chi connectivity index (χ1) is 11.8. The summed E-state index contributed by atoms with van der Waals surface area (Å²) in [5.41, 5.74) is 2.26. The highest BCUT2D eigenvalue weighted by Gasteiger charge is 2.19. The molecule has 1 aromatic heterocycles. The molecule has 1 fully saturated rings. The van der Waals surface area contributed by atoms with Gasteiger partial charge in [-0.15, -0.1) is 24.0 Å². The number of guanidine groups is 1. The largest absolute Gasteiger partial charge is 0.381 e. The molecule has 0 bridgehead atoms. The molecule has 136 valence electrons. The fraction of sp³-hybridized carbons (Fsp3) is 0.444. The van der Waals surface area contributed by atoms with E-state index in [4.69, 9.17) is 4.74 Å². The molecule has 2 aromatic rings. The van der Waals surface area contributed by atoms with Crippen LogP contribution >= 0.6 is 24.0 Å². The van der Waals surface area contributed by atoms with E-state index in [2.05, 4.69) is 39.5 Å². The van der Waals surface area contributed by atoms with E-state index in [1.54, 1.807) is 6.20 Å². The highest BCUT2D eigenvalue weighted by atomic mass is 127. The monoisotopic (exact) mass is 455 g/mol. The van der Waals surface area contributed by atoms with Gasteiger partial charge in [0.1, 0.15) is 0 Å². The second kappa shape index (κ2) is 9.76. The highest BCUT2D eigenvalue weighted by molar-refractivity contribution is 14.0. The second-order valence-electron chi connectivity index (χ2n) is 6.09. The Morgan fingerprint density at radius 1 is 1.40 bits per heavy atom. The Hall–Kier alpha value is -1.61. The molecule has 1 N–H and O–H groups in total. The van der Waals surface area contributed by atoms with Crippen LogP contribution in [0, 0.1) is 5.92 Å². The van der Waals surface area contributed by atoms with Gasteiger partial charge in [-0.05, 0) is 24.1 Å². The van der Waals surface area contributed by atoms with Crippen LogP contribution in [0.5, 0.6) is 0 Å². The average molecular weight is 455 g/mol. The molecule has 1 saturated heterocycles. The van der Waals surface area contributed by atoms with Crippen LogP contribution in [0.25, 0.3) is 5.69 Å². The molecule has 1 aliphatic rings. The molecule has 0 spiro atoms. The fourth-order valence-corrected chi connectivity index (χ4v) is 3.06. The van der Waals surface area contributed by atoms with E-state index >= 15 is 0 Å². The zero-order chi connectivity index (χ0) is 16.8. The topological polar surface area (TPSA) is 54.7 Å². The Kier molecular flexibility index (Phi) is 7.70. The van der Waals surface area contributed by atoms with Gasteiger partial charge in [-0.25, -0.2) is 4.68 Å². The van der Waals surface area contributed by atoms with Crippen molar-refractivity contribution >= 4 is 29.9 Å². The van der Waals surface area contributed by atoms with Gasteiger partial charge in [0.25, 0.3) is 0 Å². The third kappa shape index (κ3) is 5.18. The summed E-state index contributed by atoms with van der Waals surface area (Å²) in [6.45, 7) is 3.39. The maximum absolute atomic E-state index is 5.46. The number of aliphatic imine (C=N–C) groups is 1. The van der Waals surface area contributed by atoms with Crippen LogP contribution in [-0.2, 0) is 11.3 Å². The summed E-state index contributed by atoms with van der Waals surface area (Å²) in [5, 5.41) is 7.79. The van der Waals surface area contributed by atoms with Gasteiger partial charge >= 0.3 is 0 Å². The van der Waals surface area contributed by atoms with Crippen molar-refractivity contribution in [2.75, 3.05) is 33.9 Å². The van der Waals surface area contributed by atoms with E-state index in [9.17, 15) is 0 Å². The lowest BCUT2D eigenvalue weighted by Gasteiger charge is -2.24. The molecule has 1 atom stereocenters. The SMILES string of the molecule is CN=C(NCc1ccccc1-n1cccn1)N(C)CC1CCOC1.I. The summed E-state index contributed by atoms with van der Waals surface area (Å²) >= 11 is 0. The first-order valence-electron chi connectivity index (χ1n) is 8.35. The Morgan fingerprint density at radius 3 is 2.92 bits per heavy atom. The first-order valence-corrected chi connectivity index (χ1v) is 8.35. The number of nitrogens with one attached hydrogen (secondary N) is 1. The number of hydrogen-bond donors (Lipinski definition) is 1. The smallest absolute Gasteiger partial charge is 0.193 e. The Morgan fingerprint density at radius 2 is 2.24 bits per heavy atom. The molecule has 1 aliphatic heterocycles. The number of nitrogens with zero attached hydrogens (tertiary/aromatic N) is 4. The molecule has 0 saturated carbocycles. The lowest BCUT2D eigenvalue weighted by Crippen LogP contribution is -2.41. The summed E-state index contributed by atoms with van der Waals surface area (Å²) in [4.78, 5) is 6.58. The molecular weight excluding hydrogens is 429 g/mol. The predicted molar refractivity (Wildman–Crippen MR) is 111 cm³/mol. The summed E-state index contributed by atoms with van der Waals surface area (Å²) in [7, 11) is 3.90. The van der Waals surface area contributed by atoms with E-state index in [0.717, 1.165) is 37.8 Å². The third-order valence-electron chi connectivity index (χ3n) is 4.31. The van der Waals surface area contributed by atoms with Gasteiger partial charge in [-0.1, -0.05) is 18.2 Å². The van der Waals surface area contributed by atoms with Crippen molar-refractivity contribution in [1.29, 1.82) is 0 Å². The number of aromatic nitrogens is 2. The molecular formula is C18H26IN5O. The lowest BCUT2D eigenvalue weighted by atomic mass is 10.1. The van der Waals surface area contributed by atoms with E-state index in [0.29, 0.717) is 12.5 Å². The minimum atomic E-state index is 0. The van der Waals surface area contributed by atoms with Crippen molar-refractivity contribution < 1.29 is 4.74 Å². The minimum Gasteiger partial charge on any atom is -0.381 e. The zero-order valence-corrected chi connectivity index (χ0v) is 17.1. The van der Waals surface area contributed by atoms with Crippen molar-refractivity contribution in [2.45, 2.75) is 13.0 Å². The van der Waals surface area contributed by atoms with Gasteiger partial charge in [0.15, 0.2) is 5.96 Å². The maximum Gasteiger partial charge on any atom is 0.193 e. The lowest BCUT2D eigenvalue weighted by molar-refractivity contribution is 0.181. The van der Waals surface area contributed by atoms with E-state index < -0.39 is 0 Å². The Bertz CT molecular complexity index is 668. The minimum absolute atomic E-state index is 0. The van der Waals surface area contributed by atoms with Crippen LogP contribution in [0.15, 0.2) is 47.7 Å². The first kappa shape index (κ1) is 19.7. The van der Waals surface area contributed by atoms with Crippen LogP contribution in [-0.4, -0.2) is 54.5 Å². The van der Waals surface area contributed by atoms with Crippen molar-refractivity contribution in [1.82, 2.24) is 20.0 Å². The molecule has 6 nitrogen and oxygen atoms in total. The zero-order valence-electron chi connectivity index (χ0n) is 14.8. The number of halogens is 1. The normalized spacial score (nSPS) is 17.2. The van der Waals surface area contributed by atoms with Crippen molar-refractivity contribution in [3.05, 3.63) is 48.3 Å². The number of para-hydroxylation sites is 1. The van der Waals surface area contributed by atoms with Crippen LogP contribution in [0.2, 0.25) is 0 Å². The Labute approximate surface area is 166 Å². The van der Waals surface area contributed by atoms with Gasteiger partial charge in [-0.2, -0.15) is 5.10 Å². The quantitative estimate of drug-likeness (QED) is 0.428. The number of hydrogen-bond acceptors (Lipinski definition) is 3. The van der Waals surface area contributed by atoms with E-state index in [1.807, 2.05) is 36.1 Å². The molecule has 3 rings (SSSR count). The van der Waals surface area contributed by atoms with Gasteiger partial charge < -0.3 is 15.0 Å². The van der Waals surface area contributed by atoms with E-state index in [1.165, 1.54) is 5.56 Å². The van der Waals surface area contributed by atoms with Gasteiger partial charge in [0, 0.05) is 52.1 Å².